The Hall–Kier alpha value is -3.82. The number of nitrogens with two attached hydrogens (primary N) is 1. The van der Waals surface area contributed by atoms with Crippen molar-refractivity contribution in [2.75, 3.05) is 13.1 Å². The monoisotopic (exact) mass is 479 g/mol. The Kier molecular flexibility index (Phi) is 5.96. The van der Waals surface area contributed by atoms with Gasteiger partial charge in [0.25, 0.3) is 5.91 Å². The highest BCUT2D eigenvalue weighted by Gasteiger charge is 2.27. The number of aromatic nitrogens is 3. The third-order valence-electron chi connectivity index (χ3n) is 6.34. The van der Waals surface area contributed by atoms with Crippen LogP contribution in [-0.4, -0.2) is 62.1 Å². The summed E-state index contributed by atoms with van der Waals surface area (Å²) in [6.45, 7) is 4.50. The second kappa shape index (κ2) is 9.09. The molecular weight excluding hydrogens is 450 g/mol. The van der Waals surface area contributed by atoms with Gasteiger partial charge in [0.05, 0.1) is 30.5 Å². The zero-order valence-corrected chi connectivity index (χ0v) is 19.8. The van der Waals surface area contributed by atoms with Gasteiger partial charge in [-0.25, -0.2) is 9.78 Å². The van der Waals surface area contributed by atoms with Crippen molar-refractivity contribution in [2.24, 2.45) is 5.73 Å². The fourth-order valence-electron chi connectivity index (χ4n) is 4.49. The quantitative estimate of drug-likeness (QED) is 0.526. The van der Waals surface area contributed by atoms with Crippen molar-refractivity contribution >= 4 is 22.8 Å². The highest BCUT2D eigenvalue weighted by Crippen LogP contribution is 2.40. The Morgan fingerprint density at radius 1 is 1.17 bits per heavy atom. The van der Waals surface area contributed by atoms with E-state index in [1.54, 1.807) is 24.5 Å². The molecule has 3 aromatic rings. The molecule has 0 radical (unpaired) electrons. The number of ether oxygens (including phenoxy) is 2. The number of carbonyl (C=O) groups excluding carboxylic acids is 1. The summed E-state index contributed by atoms with van der Waals surface area (Å²) < 4.78 is 14.1. The van der Waals surface area contributed by atoms with Crippen molar-refractivity contribution in [3.63, 3.8) is 0 Å². The smallest absolute Gasteiger partial charge is 0.407 e. The molecule has 184 valence electrons. The number of pyridine rings is 1. The molecule has 3 N–H and O–H groups in total. The standard InChI is InChI=1S/C25H29N5O5/c1-14(2)34-22-9-19-18(8-20(22)23(26)31)21(15-10-28-30(12-15)16-5-6-16)11-27-24(19)35-17-4-3-7-29(13-17)25(32)33/h8-12,14,16-17H,3-7,13H2,1-2H3,(H2,26,31)(H,32,33). The molecule has 1 saturated carbocycles. The second-order valence-corrected chi connectivity index (χ2v) is 9.45. The number of benzene rings is 1. The van der Waals surface area contributed by atoms with Crippen molar-refractivity contribution < 1.29 is 24.2 Å². The Morgan fingerprint density at radius 2 is 1.97 bits per heavy atom. The van der Waals surface area contributed by atoms with Crippen LogP contribution in [0.2, 0.25) is 0 Å². The van der Waals surface area contributed by atoms with Gasteiger partial charge in [-0.15, -0.1) is 0 Å². The lowest BCUT2D eigenvalue weighted by atomic mass is 9.99. The van der Waals surface area contributed by atoms with E-state index in [1.807, 2.05) is 24.7 Å². The number of nitrogens with zero attached hydrogens (tertiary/aromatic N) is 4. The molecule has 1 aliphatic heterocycles. The van der Waals surface area contributed by atoms with Crippen LogP contribution >= 0.6 is 0 Å². The van der Waals surface area contributed by atoms with Gasteiger partial charge in [-0.3, -0.25) is 9.48 Å². The normalized spacial score (nSPS) is 18.1. The van der Waals surface area contributed by atoms with Gasteiger partial charge < -0.3 is 25.2 Å². The Labute approximate surface area is 202 Å². The first-order chi connectivity index (χ1) is 16.8. The average molecular weight is 480 g/mol. The molecule has 1 aromatic carbocycles. The van der Waals surface area contributed by atoms with Crippen LogP contribution in [0.4, 0.5) is 4.79 Å². The van der Waals surface area contributed by atoms with Crippen molar-refractivity contribution in [2.45, 2.75) is 57.8 Å². The van der Waals surface area contributed by atoms with Gasteiger partial charge in [-0.2, -0.15) is 5.10 Å². The van der Waals surface area contributed by atoms with Crippen LogP contribution in [0.3, 0.4) is 0 Å². The zero-order valence-electron chi connectivity index (χ0n) is 19.8. The average Bonchev–Trinajstić information content (AvgIpc) is 3.55. The summed E-state index contributed by atoms with van der Waals surface area (Å²) >= 11 is 0. The molecule has 2 fully saturated rings. The number of amides is 2. The molecule has 1 atom stereocenters. The van der Waals surface area contributed by atoms with Crippen LogP contribution in [0.5, 0.6) is 11.6 Å². The van der Waals surface area contributed by atoms with Crippen molar-refractivity contribution in [3.05, 3.63) is 36.3 Å². The van der Waals surface area contributed by atoms with Crippen molar-refractivity contribution in [3.8, 4) is 22.8 Å². The molecule has 5 rings (SSSR count). The molecule has 0 spiro atoms. The highest BCUT2D eigenvalue weighted by atomic mass is 16.5. The van der Waals surface area contributed by atoms with E-state index in [-0.39, 0.29) is 24.3 Å². The van der Waals surface area contributed by atoms with Crippen LogP contribution in [0.1, 0.15) is 55.9 Å². The molecule has 10 heteroatoms. The molecule has 2 aliphatic rings. The number of primary amides is 1. The number of hydrogen-bond donors (Lipinski definition) is 2. The first-order valence-corrected chi connectivity index (χ1v) is 11.9. The molecule has 10 nitrogen and oxygen atoms in total. The highest BCUT2D eigenvalue weighted by molar-refractivity contribution is 6.06. The summed E-state index contributed by atoms with van der Waals surface area (Å²) in [7, 11) is 0. The summed E-state index contributed by atoms with van der Waals surface area (Å²) in [5.41, 5.74) is 7.66. The first kappa shape index (κ1) is 22.9. The minimum absolute atomic E-state index is 0.176. The lowest BCUT2D eigenvalue weighted by Crippen LogP contribution is -2.43. The maximum Gasteiger partial charge on any atom is 0.407 e. The van der Waals surface area contributed by atoms with Crippen molar-refractivity contribution in [1.82, 2.24) is 19.7 Å². The third kappa shape index (κ3) is 4.73. The second-order valence-electron chi connectivity index (χ2n) is 9.45. The molecule has 1 aliphatic carbocycles. The Bertz CT molecular complexity index is 1280. The third-order valence-corrected chi connectivity index (χ3v) is 6.34. The van der Waals surface area contributed by atoms with E-state index in [0.717, 1.165) is 35.8 Å². The van der Waals surface area contributed by atoms with E-state index in [0.29, 0.717) is 36.0 Å². The Balaban J connectivity index is 1.61. The summed E-state index contributed by atoms with van der Waals surface area (Å²) in [6.07, 6.45) is 7.68. The van der Waals surface area contributed by atoms with Crippen LogP contribution in [0.25, 0.3) is 21.9 Å². The van der Waals surface area contributed by atoms with E-state index in [1.165, 1.54) is 4.90 Å². The van der Waals surface area contributed by atoms with Crippen LogP contribution in [0, 0.1) is 0 Å². The number of carbonyl (C=O) groups is 2. The van der Waals surface area contributed by atoms with Crippen LogP contribution in [0.15, 0.2) is 30.7 Å². The summed E-state index contributed by atoms with van der Waals surface area (Å²) in [5, 5.41) is 15.3. The van der Waals surface area contributed by atoms with E-state index in [2.05, 4.69) is 10.1 Å². The van der Waals surface area contributed by atoms with Gasteiger partial charge in [0.1, 0.15) is 11.9 Å². The number of carboxylic acid groups (broad SMARTS) is 1. The molecule has 2 amide bonds. The van der Waals surface area contributed by atoms with Crippen LogP contribution in [-0.2, 0) is 0 Å². The SMILES string of the molecule is CC(C)Oc1cc2c(OC3CCCN(C(=O)O)C3)ncc(-c3cnn(C4CC4)c3)c2cc1C(N)=O. The molecule has 35 heavy (non-hydrogen) atoms. The van der Waals surface area contributed by atoms with Gasteiger partial charge in [-0.05, 0) is 57.0 Å². The van der Waals surface area contributed by atoms with Crippen LogP contribution < -0.4 is 15.2 Å². The van der Waals surface area contributed by atoms with Gasteiger partial charge in [0.2, 0.25) is 5.88 Å². The number of rotatable bonds is 7. The first-order valence-electron chi connectivity index (χ1n) is 11.9. The van der Waals surface area contributed by atoms with Gasteiger partial charge in [-0.1, -0.05) is 0 Å². The van der Waals surface area contributed by atoms with Gasteiger partial charge in [0, 0.05) is 35.5 Å². The number of likely N-dealkylation sites (tertiary alicyclic amines) is 1. The minimum Gasteiger partial charge on any atom is -0.490 e. The van der Waals surface area contributed by atoms with E-state index in [9.17, 15) is 14.7 Å². The maximum absolute atomic E-state index is 12.3. The Morgan fingerprint density at radius 3 is 2.66 bits per heavy atom. The molecule has 0 bridgehead atoms. The summed E-state index contributed by atoms with van der Waals surface area (Å²) in [4.78, 5) is 29.7. The molecular formula is C25H29N5O5. The molecule has 1 unspecified atom stereocenters. The molecule has 1 saturated heterocycles. The van der Waals surface area contributed by atoms with E-state index < -0.39 is 12.0 Å². The van der Waals surface area contributed by atoms with E-state index in [4.69, 9.17) is 15.2 Å². The maximum atomic E-state index is 12.3. The van der Waals surface area contributed by atoms with Gasteiger partial charge >= 0.3 is 6.09 Å². The minimum atomic E-state index is -0.960. The number of fused-ring (bicyclic) bond motifs is 1. The fraction of sp³-hybridized carbons (Fsp3) is 0.440. The predicted octanol–water partition coefficient (Wildman–Crippen LogP) is 3.84. The summed E-state index contributed by atoms with van der Waals surface area (Å²) in [6, 6.07) is 3.89. The predicted molar refractivity (Wildman–Crippen MR) is 129 cm³/mol. The lowest BCUT2D eigenvalue weighted by Gasteiger charge is -2.31. The molecule has 2 aromatic heterocycles. The molecule has 3 heterocycles. The topological polar surface area (TPSA) is 133 Å². The van der Waals surface area contributed by atoms with Crippen molar-refractivity contribution in [1.29, 1.82) is 0 Å². The largest absolute Gasteiger partial charge is 0.490 e. The number of piperidine rings is 1. The summed E-state index contributed by atoms with van der Waals surface area (Å²) in [5.74, 6) is 0.124. The van der Waals surface area contributed by atoms with Gasteiger partial charge in [0.15, 0.2) is 0 Å². The lowest BCUT2D eigenvalue weighted by molar-refractivity contribution is 0.0776. The zero-order chi connectivity index (χ0) is 24.7. The number of hydrogen-bond acceptors (Lipinski definition) is 6. The fourth-order valence-corrected chi connectivity index (χ4v) is 4.49. The van der Waals surface area contributed by atoms with E-state index >= 15 is 0 Å².